The summed E-state index contributed by atoms with van der Waals surface area (Å²) >= 11 is 0. The normalized spacial score (nSPS) is 10.4. The molecular formula is C24H24N2O5. The van der Waals surface area contributed by atoms with Crippen LogP contribution in [0.15, 0.2) is 60.7 Å². The maximum atomic E-state index is 12.6. The van der Waals surface area contributed by atoms with Crippen LogP contribution in [-0.2, 0) is 11.2 Å². The molecule has 0 aliphatic rings. The zero-order valence-corrected chi connectivity index (χ0v) is 17.7. The molecule has 7 heteroatoms. The molecule has 3 rings (SSSR count). The molecule has 0 unspecified atom stereocenters. The summed E-state index contributed by atoms with van der Waals surface area (Å²) in [5.74, 6) is 0.746. The highest BCUT2D eigenvalue weighted by atomic mass is 16.6. The Morgan fingerprint density at radius 2 is 1.84 bits per heavy atom. The highest BCUT2D eigenvalue weighted by molar-refractivity contribution is 5.93. The van der Waals surface area contributed by atoms with Crippen molar-refractivity contribution in [1.82, 2.24) is 0 Å². The van der Waals surface area contributed by atoms with E-state index >= 15 is 0 Å². The van der Waals surface area contributed by atoms with Crippen LogP contribution >= 0.6 is 0 Å². The number of nitrogens with zero attached hydrogens (tertiary/aromatic N) is 1. The molecule has 0 radical (unpaired) electrons. The van der Waals surface area contributed by atoms with Gasteiger partial charge in [0.05, 0.1) is 12.0 Å². The van der Waals surface area contributed by atoms with Crippen molar-refractivity contribution in [1.29, 1.82) is 0 Å². The first-order chi connectivity index (χ1) is 14.9. The Morgan fingerprint density at radius 1 is 1.10 bits per heavy atom. The van der Waals surface area contributed by atoms with Crippen molar-refractivity contribution in [3.63, 3.8) is 0 Å². The number of ether oxygens (including phenoxy) is 2. The average molecular weight is 420 g/mol. The predicted molar refractivity (Wildman–Crippen MR) is 120 cm³/mol. The van der Waals surface area contributed by atoms with E-state index in [2.05, 4.69) is 5.32 Å². The van der Waals surface area contributed by atoms with Crippen LogP contribution in [0.25, 0.3) is 11.1 Å². The lowest BCUT2D eigenvalue weighted by Crippen LogP contribution is -2.21. The smallest absolute Gasteiger partial charge is 0.270 e. The van der Waals surface area contributed by atoms with Crippen LogP contribution in [0.5, 0.6) is 11.5 Å². The number of para-hydroxylation sites is 1. The molecule has 0 atom stereocenters. The average Bonchev–Trinajstić information content (AvgIpc) is 2.79. The Labute approximate surface area is 180 Å². The van der Waals surface area contributed by atoms with Crippen LogP contribution in [-0.4, -0.2) is 24.5 Å². The largest absolute Gasteiger partial charge is 0.497 e. The maximum Gasteiger partial charge on any atom is 0.270 e. The number of aryl methyl sites for hydroxylation is 2. The number of carbonyl (C=O) groups is 1. The zero-order valence-electron chi connectivity index (χ0n) is 17.7. The van der Waals surface area contributed by atoms with Crippen molar-refractivity contribution in [2.24, 2.45) is 0 Å². The van der Waals surface area contributed by atoms with Crippen molar-refractivity contribution >= 4 is 17.3 Å². The number of amides is 1. The third-order valence-corrected chi connectivity index (χ3v) is 4.94. The van der Waals surface area contributed by atoms with Crippen LogP contribution in [0.4, 0.5) is 11.4 Å². The summed E-state index contributed by atoms with van der Waals surface area (Å²) in [6.07, 6.45) is 0.794. The van der Waals surface area contributed by atoms with Gasteiger partial charge in [0.25, 0.3) is 11.6 Å². The lowest BCUT2D eigenvalue weighted by molar-refractivity contribution is -0.384. The topological polar surface area (TPSA) is 90.7 Å². The summed E-state index contributed by atoms with van der Waals surface area (Å²) in [6, 6.07) is 17.3. The first-order valence-electron chi connectivity index (χ1n) is 9.87. The number of nitro benzene ring substituents is 1. The Hall–Kier alpha value is -3.87. The summed E-state index contributed by atoms with van der Waals surface area (Å²) in [6.45, 7) is 3.74. The van der Waals surface area contributed by atoms with E-state index in [0.29, 0.717) is 22.6 Å². The third-order valence-electron chi connectivity index (χ3n) is 4.94. The first kappa shape index (κ1) is 21.8. The van der Waals surface area contributed by atoms with Gasteiger partial charge in [-0.05, 0) is 48.2 Å². The van der Waals surface area contributed by atoms with E-state index in [9.17, 15) is 14.9 Å². The van der Waals surface area contributed by atoms with E-state index in [0.717, 1.165) is 23.2 Å². The second-order valence-corrected chi connectivity index (χ2v) is 6.97. The van der Waals surface area contributed by atoms with Gasteiger partial charge in [0.15, 0.2) is 6.61 Å². The minimum Gasteiger partial charge on any atom is -0.497 e. The number of hydrogen-bond acceptors (Lipinski definition) is 5. The molecule has 3 aromatic carbocycles. The highest BCUT2D eigenvalue weighted by Crippen LogP contribution is 2.34. The minimum atomic E-state index is -0.464. The molecule has 1 amide bonds. The Balaban J connectivity index is 1.82. The van der Waals surface area contributed by atoms with Gasteiger partial charge >= 0.3 is 0 Å². The van der Waals surface area contributed by atoms with Gasteiger partial charge in [-0.2, -0.15) is 0 Å². The number of methoxy groups -OCH3 is 1. The standard InChI is InChI=1S/C24H24N2O5/c1-4-17-7-5-6-16(2)24(17)25-23(27)15-31-22-13-10-19(26(28)29)14-21(22)18-8-11-20(30-3)12-9-18/h5-14H,4,15H2,1-3H3,(H,25,27). The van der Waals surface area contributed by atoms with Crippen LogP contribution in [0.1, 0.15) is 18.1 Å². The van der Waals surface area contributed by atoms with Gasteiger partial charge in [0.1, 0.15) is 11.5 Å². The van der Waals surface area contributed by atoms with Gasteiger partial charge in [0.2, 0.25) is 0 Å². The molecule has 0 aliphatic carbocycles. The van der Waals surface area contributed by atoms with Gasteiger partial charge < -0.3 is 14.8 Å². The van der Waals surface area contributed by atoms with E-state index in [-0.39, 0.29) is 18.2 Å². The second-order valence-electron chi connectivity index (χ2n) is 6.97. The molecule has 7 nitrogen and oxygen atoms in total. The molecule has 0 heterocycles. The van der Waals surface area contributed by atoms with Gasteiger partial charge in [-0.1, -0.05) is 37.3 Å². The van der Waals surface area contributed by atoms with Crippen LogP contribution in [0.3, 0.4) is 0 Å². The molecule has 1 N–H and O–H groups in total. The SMILES string of the molecule is CCc1cccc(C)c1NC(=O)COc1ccc([N+](=O)[O-])cc1-c1ccc(OC)cc1. The fourth-order valence-corrected chi connectivity index (χ4v) is 3.27. The van der Waals surface area contributed by atoms with Gasteiger partial charge in [-0.15, -0.1) is 0 Å². The van der Waals surface area contributed by atoms with Gasteiger partial charge in [-0.3, -0.25) is 14.9 Å². The fraction of sp³-hybridized carbons (Fsp3) is 0.208. The second kappa shape index (κ2) is 9.75. The Bertz CT molecular complexity index is 1090. The van der Waals surface area contributed by atoms with E-state index in [1.165, 1.54) is 18.2 Å². The zero-order chi connectivity index (χ0) is 22.4. The quantitative estimate of drug-likeness (QED) is 0.402. The number of anilines is 1. The van der Waals surface area contributed by atoms with Crippen LogP contribution in [0.2, 0.25) is 0 Å². The third kappa shape index (κ3) is 5.19. The number of carbonyl (C=O) groups excluding carboxylic acids is 1. The summed E-state index contributed by atoms with van der Waals surface area (Å²) in [5, 5.41) is 14.2. The molecule has 3 aromatic rings. The van der Waals surface area contributed by atoms with Crippen molar-refractivity contribution in [3.8, 4) is 22.6 Å². The van der Waals surface area contributed by atoms with E-state index < -0.39 is 4.92 Å². The molecule has 0 spiro atoms. The summed E-state index contributed by atoms with van der Waals surface area (Å²) in [5.41, 5.74) is 3.99. The molecule has 31 heavy (non-hydrogen) atoms. The number of hydrogen-bond donors (Lipinski definition) is 1. The lowest BCUT2D eigenvalue weighted by atomic mass is 10.0. The summed E-state index contributed by atoms with van der Waals surface area (Å²) in [7, 11) is 1.56. The van der Waals surface area contributed by atoms with Gasteiger partial charge in [-0.25, -0.2) is 0 Å². The summed E-state index contributed by atoms with van der Waals surface area (Å²) in [4.78, 5) is 23.3. The lowest BCUT2D eigenvalue weighted by Gasteiger charge is -2.15. The first-order valence-corrected chi connectivity index (χ1v) is 9.87. The number of nitrogens with one attached hydrogen (secondary N) is 1. The minimum absolute atomic E-state index is 0.0601. The Kier molecular flexibility index (Phi) is 6.87. The van der Waals surface area contributed by atoms with Crippen LogP contribution < -0.4 is 14.8 Å². The monoisotopic (exact) mass is 420 g/mol. The maximum absolute atomic E-state index is 12.6. The van der Waals surface area contributed by atoms with E-state index in [1.54, 1.807) is 31.4 Å². The van der Waals surface area contributed by atoms with E-state index in [4.69, 9.17) is 9.47 Å². The molecular weight excluding hydrogens is 396 g/mol. The van der Waals surface area contributed by atoms with Crippen molar-refractivity contribution in [3.05, 3.63) is 81.9 Å². The van der Waals surface area contributed by atoms with Crippen molar-refractivity contribution in [2.45, 2.75) is 20.3 Å². The number of non-ortho nitro benzene ring substituents is 1. The van der Waals surface area contributed by atoms with Gasteiger partial charge in [0, 0.05) is 23.4 Å². The molecule has 0 aromatic heterocycles. The molecule has 0 aliphatic heterocycles. The van der Waals surface area contributed by atoms with Crippen molar-refractivity contribution < 1.29 is 19.2 Å². The van der Waals surface area contributed by atoms with E-state index in [1.807, 2.05) is 32.0 Å². The number of nitro groups is 1. The molecule has 160 valence electrons. The predicted octanol–water partition coefficient (Wildman–Crippen LogP) is 5.16. The number of rotatable bonds is 8. The molecule has 0 saturated heterocycles. The highest BCUT2D eigenvalue weighted by Gasteiger charge is 2.16. The molecule has 0 bridgehead atoms. The Morgan fingerprint density at radius 3 is 2.48 bits per heavy atom. The van der Waals surface area contributed by atoms with Crippen molar-refractivity contribution in [2.75, 3.05) is 19.0 Å². The fourth-order valence-electron chi connectivity index (χ4n) is 3.27. The molecule has 0 saturated carbocycles. The van der Waals surface area contributed by atoms with Crippen LogP contribution in [0, 0.1) is 17.0 Å². The summed E-state index contributed by atoms with van der Waals surface area (Å²) < 4.78 is 10.9. The number of benzene rings is 3. The molecule has 0 fully saturated rings.